The molecule has 0 bridgehead atoms. The van der Waals surface area contributed by atoms with Gasteiger partial charge >= 0.3 is 5.97 Å². The number of hydrogen-bond donors (Lipinski definition) is 0. The van der Waals surface area contributed by atoms with E-state index in [1.807, 2.05) is 0 Å². The summed E-state index contributed by atoms with van der Waals surface area (Å²) in [6.07, 6.45) is 1.16. The number of para-hydroxylation sites is 1. The summed E-state index contributed by atoms with van der Waals surface area (Å²) in [6, 6.07) is 11.2. The number of nitro groups is 1. The van der Waals surface area contributed by atoms with Crippen molar-refractivity contribution in [1.29, 1.82) is 0 Å². The number of carbonyl (C=O) groups is 3. The standard InChI is InChI=1S/C24H24N2O8S/c1-4-32-20-11-16(9-10-19(20)33-14-17-7-5-6-8-18(17)26(30)31)12-21-23(28)25(24(29)35-21)13-22(27)34-15(2)3/h5-12,15H,4,13-14H2,1-3H3/b21-12+. The largest absolute Gasteiger partial charge is 0.490 e. The average molecular weight is 501 g/mol. The lowest BCUT2D eigenvalue weighted by Gasteiger charge is -2.13. The van der Waals surface area contributed by atoms with Crippen molar-refractivity contribution in [2.75, 3.05) is 13.2 Å². The molecule has 0 radical (unpaired) electrons. The monoisotopic (exact) mass is 500 g/mol. The molecule has 0 spiro atoms. The number of carbonyl (C=O) groups excluding carboxylic acids is 3. The van der Waals surface area contributed by atoms with Gasteiger partial charge in [-0.25, -0.2) is 0 Å². The first-order valence-electron chi connectivity index (χ1n) is 10.8. The molecule has 1 fully saturated rings. The van der Waals surface area contributed by atoms with Crippen LogP contribution in [0.25, 0.3) is 6.08 Å². The number of thioether (sulfide) groups is 1. The van der Waals surface area contributed by atoms with Gasteiger partial charge in [0.05, 0.1) is 28.1 Å². The van der Waals surface area contributed by atoms with Gasteiger partial charge in [-0.15, -0.1) is 0 Å². The number of benzene rings is 2. The third kappa shape index (κ3) is 6.60. The summed E-state index contributed by atoms with van der Waals surface area (Å²) in [4.78, 5) is 48.5. The first-order chi connectivity index (χ1) is 16.7. The van der Waals surface area contributed by atoms with Gasteiger partial charge in [0.1, 0.15) is 13.2 Å². The fourth-order valence-electron chi connectivity index (χ4n) is 3.19. The highest BCUT2D eigenvalue weighted by Crippen LogP contribution is 2.35. The van der Waals surface area contributed by atoms with Crippen molar-refractivity contribution in [1.82, 2.24) is 4.90 Å². The fraction of sp³-hybridized carbons (Fsp3) is 0.292. The molecule has 1 aliphatic heterocycles. The zero-order valence-corrected chi connectivity index (χ0v) is 20.2. The quantitative estimate of drug-likeness (QED) is 0.200. The van der Waals surface area contributed by atoms with Gasteiger partial charge in [0.25, 0.3) is 16.8 Å². The maximum atomic E-state index is 12.7. The van der Waals surface area contributed by atoms with Crippen LogP contribution in [0.3, 0.4) is 0 Å². The second-order valence-corrected chi connectivity index (χ2v) is 8.61. The number of hydrogen-bond acceptors (Lipinski definition) is 9. The highest BCUT2D eigenvalue weighted by Gasteiger charge is 2.36. The Hall–Kier alpha value is -3.86. The molecule has 1 saturated heterocycles. The number of rotatable bonds is 10. The lowest BCUT2D eigenvalue weighted by molar-refractivity contribution is -0.385. The molecule has 11 heteroatoms. The van der Waals surface area contributed by atoms with E-state index < -0.39 is 28.6 Å². The number of ether oxygens (including phenoxy) is 3. The topological polar surface area (TPSA) is 125 Å². The van der Waals surface area contributed by atoms with Gasteiger partial charge < -0.3 is 14.2 Å². The minimum Gasteiger partial charge on any atom is -0.490 e. The van der Waals surface area contributed by atoms with Crippen LogP contribution in [-0.2, 0) is 20.9 Å². The zero-order chi connectivity index (χ0) is 25.5. The van der Waals surface area contributed by atoms with Crippen LogP contribution in [0.2, 0.25) is 0 Å². The Morgan fingerprint density at radius 3 is 2.57 bits per heavy atom. The van der Waals surface area contributed by atoms with Gasteiger partial charge in [-0.05, 0) is 62.4 Å². The van der Waals surface area contributed by atoms with Crippen molar-refractivity contribution in [2.45, 2.75) is 33.5 Å². The van der Waals surface area contributed by atoms with Gasteiger partial charge in [0.15, 0.2) is 11.5 Å². The highest BCUT2D eigenvalue weighted by atomic mass is 32.2. The molecule has 184 valence electrons. The normalized spacial score (nSPS) is 14.5. The highest BCUT2D eigenvalue weighted by molar-refractivity contribution is 8.18. The van der Waals surface area contributed by atoms with E-state index in [4.69, 9.17) is 14.2 Å². The number of nitrogens with zero attached hydrogens (tertiary/aromatic N) is 2. The molecule has 2 aromatic carbocycles. The van der Waals surface area contributed by atoms with E-state index in [0.717, 1.165) is 16.7 Å². The summed E-state index contributed by atoms with van der Waals surface area (Å²) < 4.78 is 16.4. The maximum Gasteiger partial charge on any atom is 0.326 e. The number of esters is 1. The summed E-state index contributed by atoms with van der Waals surface area (Å²) in [5.41, 5.74) is 0.936. The second-order valence-electron chi connectivity index (χ2n) is 7.62. The second kappa shape index (κ2) is 11.5. The van der Waals surface area contributed by atoms with Crippen molar-refractivity contribution < 1.29 is 33.5 Å². The van der Waals surface area contributed by atoms with Gasteiger partial charge in [-0.2, -0.15) is 0 Å². The first-order valence-corrected chi connectivity index (χ1v) is 11.6. The first kappa shape index (κ1) is 25.8. The van der Waals surface area contributed by atoms with Gasteiger partial charge in [0, 0.05) is 6.07 Å². The van der Waals surface area contributed by atoms with Crippen LogP contribution in [0.5, 0.6) is 11.5 Å². The molecule has 3 rings (SSSR count). The number of nitro benzene ring substituents is 1. The minimum atomic E-state index is -0.665. The van der Waals surface area contributed by atoms with Gasteiger partial charge in [-0.3, -0.25) is 29.4 Å². The molecule has 1 aliphatic rings. The smallest absolute Gasteiger partial charge is 0.326 e. The predicted molar refractivity (Wildman–Crippen MR) is 129 cm³/mol. The van der Waals surface area contributed by atoms with E-state index in [9.17, 15) is 24.5 Å². The molecule has 0 aromatic heterocycles. The Morgan fingerprint density at radius 2 is 1.89 bits per heavy atom. The Bertz CT molecular complexity index is 1180. The van der Waals surface area contributed by atoms with E-state index in [1.165, 1.54) is 12.1 Å². The maximum absolute atomic E-state index is 12.7. The van der Waals surface area contributed by atoms with E-state index >= 15 is 0 Å². The Labute approximate surface area is 206 Å². The summed E-state index contributed by atoms with van der Waals surface area (Å²) >= 11 is 0.728. The number of amides is 2. The van der Waals surface area contributed by atoms with Crippen molar-refractivity contribution >= 4 is 40.6 Å². The van der Waals surface area contributed by atoms with Crippen molar-refractivity contribution in [2.24, 2.45) is 0 Å². The molecular weight excluding hydrogens is 476 g/mol. The zero-order valence-electron chi connectivity index (χ0n) is 19.4. The van der Waals surface area contributed by atoms with Crippen LogP contribution in [0.15, 0.2) is 47.4 Å². The molecule has 1 heterocycles. The Kier molecular flexibility index (Phi) is 8.48. The third-order valence-electron chi connectivity index (χ3n) is 4.66. The fourth-order valence-corrected chi connectivity index (χ4v) is 4.02. The number of imide groups is 1. The molecule has 0 saturated carbocycles. The Balaban J connectivity index is 1.77. The lowest BCUT2D eigenvalue weighted by atomic mass is 10.1. The van der Waals surface area contributed by atoms with Crippen LogP contribution in [-0.4, -0.2) is 46.2 Å². The van der Waals surface area contributed by atoms with Crippen molar-refractivity contribution in [3.05, 3.63) is 68.6 Å². The third-order valence-corrected chi connectivity index (χ3v) is 5.57. The van der Waals surface area contributed by atoms with Gasteiger partial charge in [-0.1, -0.05) is 18.2 Å². The molecule has 10 nitrogen and oxygen atoms in total. The predicted octanol–water partition coefficient (Wildman–Crippen LogP) is 4.56. The minimum absolute atomic E-state index is 0.0397. The molecular formula is C24H24N2O8S. The summed E-state index contributed by atoms with van der Waals surface area (Å²) in [7, 11) is 0. The Morgan fingerprint density at radius 1 is 1.14 bits per heavy atom. The van der Waals surface area contributed by atoms with Crippen molar-refractivity contribution in [3.8, 4) is 11.5 Å². The average Bonchev–Trinajstić information content (AvgIpc) is 3.05. The molecule has 35 heavy (non-hydrogen) atoms. The van der Waals surface area contributed by atoms with Crippen LogP contribution in [0.4, 0.5) is 10.5 Å². The lowest BCUT2D eigenvalue weighted by Crippen LogP contribution is -2.35. The summed E-state index contributed by atoms with van der Waals surface area (Å²) in [6.45, 7) is 4.98. The molecule has 0 N–H and O–H groups in total. The van der Waals surface area contributed by atoms with E-state index in [1.54, 1.807) is 57.2 Å². The van der Waals surface area contributed by atoms with E-state index in [2.05, 4.69) is 0 Å². The van der Waals surface area contributed by atoms with Crippen LogP contribution in [0, 0.1) is 10.1 Å². The molecule has 0 aliphatic carbocycles. The van der Waals surface area contributed by atoms with Gasteiger partial charge in [0.2, 0.25) is 0 Å². The van der Waals surface area contributed by atoms with Crippen LogP contribution < -0.4 is 9.47 Å². The summed E-state index contributed by atoms with van der Waals surface area (Å²) in [5, 5.41) is 10.7. The SMILES string of the molecule is CCOc1cc(/C=C2/SC(=O)N(CC(=O)OC(C)C)C2=O)ccc1OCc1ccccc1[N+](=O)[O-]. The van der Waals surface area contributed by atoms with Crippen molar-refractivity contribution in [3.63, 3.8) is 0 Å². The van der Waals surface area contributed by atoms with E-state index in [-0.39, 0.29) is 23.3 Å². The molecule has 2 aromatic rings. The molecule has 2 amide bonds. The van der Waals surface area contributed by atoms with E-state index in [0.29, 0.717) is 29.2 Å². The van der Waals surface area contributed by atoms with Crippen LogP contribution >= 0.6 is 11.8 Å². The van der Waals surface area contributed by atoms with Crippen LogP contribution in [0.1, 0.15) is 31.9 Å². The molecule has 0 unspecified atom stereocenters. The summed E-state index contributed by atoms with van der Waals surface area (Å²) in [5.74, 6) is -0.510. The molecule has 0 atom stereocenters.